The summed E-state index contributed by atoms with van der Waals surface area (Å²) in [7, 11) is -3.62. The average Bonchev–Trinajstić information content (AvgIpc) is 3.16. The molecule has 1 aliphatic rings. The minimum absolute atomic E-state index is 0.0608. The molecule has 2 atom stereocenters. The summed E-state index contributed by atoms with van der Waals surface area (Å²) in [5.41, 5.74) is 1.42. The Bertz CT molecular complexity index is 1040. The van der Waals surface area contributed by atoms with Crippen molar-refractivity contribution in [1.82, 2.24) is 9.21 Å². The maximum atomic E-state index is 12.8. The highest BCUT2D eigenvalue weighted by molar-refractivity contribution is 7.89. The first-order chi connectivity index (χ1) is 14.8. The Kier molecular flexibility index (Phi) is 7.12. The summed E-state index contributed by atoms with van der Waals surface area (Å²) in [5, 5.41) is 2.79. The molecule has 1 saturated heterocycles. The number of nitrogens with one attached hydrogen (secondary N) is 1. The Labute approximate surface area is 184 Å². The normalized spacial score (nSPS) is 17.7. The number of likely N-dealkylation sites (tertiary alicyclic amines) is 1. The lowest BCUT2D eigenvalue weighted by Crippen LogP contribution is -2.31. The summed E-state index contributed by atoms with van der Waals surface area (Å²) in [6.45, 7) is 6.59. The fraction of sp³-hybridized carbons (Fsp3) is 0.391. The van der Waals surface area contributed by atoms with Crippen LogP contribution in [0.4, 0.5) is 5.69 Å². The summed E-state index contributed by atoms with van der Waals surface area (Å²) in [6.07, 6.45) is 0.139. The molecular formula is C23H29N3O4S. The van der Waals surface area contributed by atoms with Crippen LogP contribution in [0.25, 0.3) is 0 Å². The summed E-state index contributed by atoms with van der Waals surface area (Å²) < 4.78 is 26.9. The van der Waals surface area contributed by atoms with Crippen LogP contribution in [0.3, 0.4) is 0 Å². The quantitative estimate of drug-likeness (QED) is 0.678. The van der Waals surface area contributed by atoms with E-state index in [9.17, 15) is 18.0 Å². The molecule has 0 bridgehead atoms. The van der Waals surface area contributed by atoms with Gasteiger partial charge in [0.2, 0.25) is 21.8 Å². The Morgan fingerprint density at radius 1 is 1.13 bits per heavy atom. The molecule has 0 unspecified atom stereocenters. The number of hydrogen-bond acceptors (Lipinski definition) is 4. The van der Waals surface area contributed by atoms with Crippen LogP contribution < -0.4 is 5.32 Å². The third-order valence-corrected chi connectivity index (χ3v) is 7.77. The first-order valence-electron chi connectivity index (χ1n) is 10.5. The SMILES string of the molecule is CCN(CC)S(=O)(=O)c1cccc(NC(=O)[C@@H]2CC(=O)N([C@H](C)c3ccccc3)C2)c1. The Balaban J connectivity index is 1.71. The van der Waals surface area contributed by atoms with Gasteiger partial charge in [-0.1, -0.05) is 50.2 Å². The molecule has 7 nitrogen and oxygen atoms in total. The zero-order valence-corrected chi connectivity index (χ0v) is 18.9. The topological polar surface area (TPSA) is 86.8 Å². The molecule has 1 heterocycles. The van der Waals surface area contributed by atoms with E-state index in [1.807, 2.05) is 37.3 Å². The third-order valence-electron chi connectivity index (χ3n) is 5.72. The lowest BCUT2D eigenvalue weighted by atomic mass is 10.1. The molecule has 2 aromatic carbocycles. The lowest BCUT2D eigenvalue weighted by Gasteiger charge is -2.25. The van der Waals surface area contributed by atoms with Gasteiger partial charge in [0.05, 0.1) is 16.9 Å². The van der Waals surface area contributed by atoms with Crippen molar-refractivity contribution >= 4 is 27.5 Å². The minimum Gasteiger partial charge on any atom is -0.335 e. The number of benzene rings is 2. The molecule has 1 aliphatic heterocycles. The first kappa shape index (κ1) is 23.0. The van der Waals surface area contributed by atoms with Gasteiger partial charge in [-0.15, -0.1) is 0 Å². The van der Waals surface area contributed by atoms with E-state index in [0.717, 1.165) is 5.56 Å². The number of rotatable bonds is 8. The van der Waals surface area contributed by atoms with Gasteiger partial charge < -0.3 is 10.2 Å². The Morgan fingerprint density at radius 2 is 1.81 bits per heavy atom. The summed E-state index contributed by atoms with van der Waals surface area (Å²) in [6, 6.07) is 15.8. The van der Waals surface area contributed by atoms with Gasteiger partial charge in [0.15, 0.2) is 0 Å². The van der Waals surface area contributed by atoms with E-state index in [2.05, 4.69) is 5.32 Å². The van der Waals surface area contributed by atoms with Gasteiger partial charge in [0.25, 0.3) is 0 Å². The van der Waals surface area contributed by atoms with Gasteiger partial charge in [0.1, 0.15) is 0 Å². The van der Waals surface area contributed by atoms with Gasteiger partial charge in [0, 0.05) is 31.7 Å². The predicted octanol–water partition coefficient (Wildman–Crippen LogP) is 3.27. The van der Waals surface area contributed by atoms with Crippen molar-refractivity contribution in [2.75, 3.05) is 25.0 Å². The number of sulfonamides is 1. The molecule has 1 N–H and O–H groups in total. The second-order valence-electron chi connectivity index (χ2n) is 7.64. The van der Waals surface area contributed by atoms with Crippen molar-refractivity contribution in [3.05, 3.63) is 60.2 Å². The molecule has 3 rings (SSSR count). The lowest BCUT2D eigenvalue weighted by molar-refractivity contribution is -0.129. The molecule has 0 aromatic heterocycles. The van der Waals surface area contributed by atoms with Crippen molar-refractivity contribution in [1.29, 1.82) is 0 Å². The van der Waals surface area contributed by atoms with Crippen LogP contribution in [0, 0.1) is 5.92 Å². The van der Waals surface area contributed by atoms with E-state index in [0.29, 0.717) is 25.3 Å². The van der Waals surface area contributed by atoms with Crippen LogP contribution in [0.15, 0.2) is 59.5 Å². The number of anilines is 1. The predicted molar refractivity (Wildman–Crippen MR) is 120 cm³/mol. The fourth-order valence-corrected chi connectivity index (χ4v) is 5.39. The van der Waals surface area contributed by atoms with Crippen LogP contribution in [0.2, 0.25) is 0 Å². The molecule has 8 heteroatoms. The summed E-state index contributed by atoms with van der Waals surface area (Å²) in [4.78, 5) is 27.2. The van der Waals surface area contributed by atoms with Gasteiger partial charge in [-0.2, -0.15) is 4.31 Å². The van der Waals surface area contributed by atoms with Crippen molar-refractivity contribution in [2.24, 2.45) is 5.92 Å². The van der Waals surface area contributed by atoms with Gasteiger partial charge >= 0.3 is 0 Å². The maximum Gasteiger partial charge on any atom is 0.243 e. The number of carbonyl (C=O) groups excluding carboxylic acids is 2. The van der Waals surface area contributed by atoms with Crippen LogP contribution in [0.1, 0.15) is 38.8 Å². The highest BCUT2D eigenvalue weighted by Crippen LogP contribution is 2.29. The number of nitrogens with zero attached hydrogens (tertiary/aromatic N) is 2. The van der Waals surface area contributed by atoms with E-state index in [1.165, 1.54) is 16.4 Å². The van der Waals surface area contributed by atoms with Crippen LogP contribution in [-0.2, 0) is 19.6 Å². The number of carbonyl (C=O) groups is 2. The molecular weight excluding hydrogens is 414 g/mol. The molecule has 0 spiro atoms. The number of amides is 2. The highest BCUT2D eigenvalue weighted by Gasteiger charge is 2.37. The Hall–Kier alpha value is -2.71. The molecule has 0 radical (unpaired) electrons. The zero-order valence-electron chi connectivity index (χ0n) is 18.1. The fourth-order valence-electron chi connectivity index (χ4n) is 3.88. The molecule has 1 fully saturated rings. The van der Waals surface area contributed by atoms with Crippen molar-refractivity contribution in [3.63, 3.8) is 0 Å². The first-order valence-corrected chi connectivity index (χ1v) is 12.0. The van der Waals surface area contributed by atoms with Gasteiger partial charge in [-0.25, -0.2) is 8.42 Å². The smallest absolute Gasteiger partial charge is 0.243 e. The van der Waals surface area contributed by atoms with Gasteiger partial charge in [-0.3, -0.25) is 9.59 Å². The summed E-state index contributed by atoms with van der Waals surface area (Å²) >= 11 is 0. The van der Waals surface area contributed by atoms with E-state index in [1.54, 1.807) is 30.9 Å². The highest BCUT2D eigenvalue weighted by atomic mass is 32.2. The molecule has 2 aromatic rings. The Morgan fingerprint density at radius 3 is 2.45 bits per heavy atom. The molecule has 2 amide bonds. The minimum atomic E-state index is -3.62. The van der Waals surface area contributed by atoms with Crippen LogP contribution in [0.5, 0.6) is 0 Å². The second kappa shape index (κ2) is 9.62. The van der Waals surface area contributed by atoms with Gasteiger partial charge in [-0.05, 0) is 30.7 Å². The van der Waals surface area contributed by atoms with Crippen molar-refractivity contribution < 1.29 is 18.0 Å². The van der Waals surface area contributed by atoms with Crippen molar-refractivity contribution in [3.8, 4) is 0 Å². The standard InChI is InChI=1S/C23H29N3O4S/c1-4-25(5-2)31(29,30)21-13-9-12-20(15-21)24-23(28)19-14-22(27)26(16-19)17(3)18-10-7-6-8-11-18/h6-13,15,17,19H,4-5,14,16H2,1-3H3,(H,24,28)/t17-,19-/m1/s1. The van der Waals surface area contributed by atoms with Crippen LogP contribution in [-0.4, -0.2) is 49.1 Å². The molecule has 0 saturated carbocycles. The zero-order chi connectivity index (χ0) is 22.6. The summed E-state index contributed by atoms with van der Waals surface area (Å²) in [5.74, 6) is -0.829. The van der Waals surface area contributed by atoms with E-state index in [-0.39, 0.29) is 29.2 Å². The average molecular weight is 444 g/mol. The van der Waals surface area contributed by atoms with Crippen molar-refractivity contribution in [2.45, 2.75) is 38.1 Å². The van der Waals surface area contributed by atoms with E-state index < -0.39 is 15.9 Å². The monoisotopic (exact) mass is 443 g/mol. The van der Waals surface area contributed by atoms with E-state index in [4.69, 9.17) is 0 Å². The molecule has 31 heavy (non-hydrogen) atoms. The van der Waals surface area contributed by atoms with Crippen LogP contribution >= 0.6 is 0 Å². The second-order valence-corrected chi connectivity index (χ2v) is 9.58. The van der Waals surface area contributed by atoms with E-state index >= 15 is 0 Å². The maximum absolute atomic E-state index is 12.8. The molecule has 166 valence electrons. The molecule has 0 aliphatic carbocycles. The number of hydrogen-bond donors (Lipinski definition) is 1. The third kappa shape index (κ3) is 4.97. The largest absolute Gasteiger partial charge is 0.335 e.